The Morgan fingerprint density at radius 1 is 1.25 bits per heavy atom. The third kappa shape index (κ3) is 3.10. The lowest BCUT2D eigenvalue weighted by Crippen LogP contribution is -2.37. The third-order valence-corrected chi connectivity index (χ3v) is 4.33. The van der Waals surface area contributed by atoms with E-state index in [1.54, 1.807) is 0 Å². The zero-order chi connectivity index (χ0) is 14.4. The molecule has 0 aliphatic rings. The van der Waals surface area contributed by atoms with Crippen LogP contribution in [0.5, 0.6) is 0 Å². The molecular weight excluding hydrogens is 246 g/mol. The summed E-state index contributed by atoms with van der Waals surface area (Å²) in [4.78, 5) is 4.45. The van der Waals surface area contributed by atoms with E-state index in [-0.39, 0.29) is 5.41 Å². The van der Waals surface area contributed by atoms with Gasteiger partial charge in [0.05, 0.1) is 0 Å². The van der Waals surface area contributed by atoms with Crippen LogP contribution in [0, 0.1) is 0 Å². The number of likely N-dealkylation sites (N-methyl/N-ethyl adjacent to an activating group) is 1. The van der Waals surface area contributed by atoms with E-state index in [1.165, 1.54) is 5.56 Å². The first-order chi connectivity index (χ1) is 9.72. The van der Waals surface area contributed by atoms with Crippen LogP contribution in [0.1, 0.15) is 31.2 Å². The van der Waals surface area contributed by atoms with Crippen molar-refractivity contribution in [1.82, 2.24) is 14.9 Å². The van der Waals surface area contributed by atoms with Crippen LogP contribution in [0.25, 0.3) is 0 Å². The lowest BCUT2D eigenvalue weighted by atomic mass is 9.74. The zero-order valence-electron chi connectivity index (χ0n) is 12.8. The van der Waals surface area contributed by atoms with Gasteiger partial charge in [-0.25, -0.2) is 4.98 Å². The van der Waals surface area contributed by atoms with Gasteiger partial charge in [0, 0.05) is 37.8 Å². The molecule has 1 atom stereocenters. The van der Waals surface area contributed by atoms with Gasteiger partial charge >= 0.3 is 0 Å². The first kappa shape index (κ1) is 14.8. The van der Waals surface area contributed by atoms with Crippen LogP contribution in [0.15, 0.2) is 42.7 Å². The molecule has 1 aromatic carbocycles. The number of nitrogens with zero attached hydrogens (tertiary/aromatic N) is 2. The van der Waals surface area contributed by atoms with E-state index < -0.39 is 0 Å². The molecule has 1 heterocycles. The normalized spacial score (nSPS) is 14.2. The largest absolute Gasteiger partial charge is 0.338 e. The molecule has 3 nitrogen and oxygen atoms in total. The third-order valence-electron chi connectivity index (χ3n) is 4.33. The van der Waals surface area contributed by atoms with Crippen LogP contribution in [0.3, 0.4) is 0 Å². The molecule has 108 valence electrons. The van der Waals surface area contributed by atoms with Crippen molar-refractivity contribution >= 4 is 0 Å². The number of benzene rings is 1. The molecule has 3 heteroatoms. The molecule has 1 unspecified atom stereocenters. The molecule has 0 aliphatic heterocycles. The van der Waals surface area contributed by atoms with Crippen molar-refractivity contribution in [2.45, 2.75) is 31.6 Å². The molecule has 2 aromatic rings. The standard InChI is InChI=1S/C17H25N3/c1-4-17(14-18-2,15-8-6-5-7-9-15)11-10-16-19-12-13-20(16)3/h5-9,12-13,18H,4,10-11,14H2,1-3H3. The van der Waals surface area contributed by atoms with Crippen molar-refractivity contribution in [3.63, 3.8) is 0 Å². The Balaban J connectivity index is 2.21. The van der Waals surface area contributed by atoms with Gasteiger partial charge in [0.15, 0.2) is 0 Å². The fourth-order valence-electron chi connectivity index (χ4n) is 2.96. The monoisotopic (exact) mass is 271 g/mol. The first-order valence-electron chi connectivity index (χ1n) is 7.38. The molecular formula is C17H25N3. The second-order valence-electron chi connectivity index (χ2n) is 5.48. The quantitative estimate of drug-likeness (QED) is 0.839. The van der Waals surface area contributed by atoms with Crippen LogP contribution < -0.4 is 5.32 Å². The molecule has 0 amide bonds. The van der Waals surface area contributed by atoms with Gasteiger partial charge < -0.3 is 9.88 Å². The van der Waals surface area contributed by atoms with Gasteiger partial charge in [-0.2, -0.15) is 0 Å². The van der Waals surface area contributed by atoms with Gasteiger partial charge in [-0.3, -0.25) is 0 Å². The van der Waals surface area contributed by atoms with Gasteiger partial charge in [0.1, 0.15) is 5.82 Å². The topological polar surface area (TPSA) is 29.9 Å². The van der Waals surface area contributed by atoms with E-state index >= 15 is 0 Å². The highest BCUT2D eigenvalue weighted by molar-refractivity contribution is 5.26. The average Bonchev–Trinajstić information content (AvgIpc) is 2.90. The number of rotatable bonds is 7. The lowest BCUT2D eigenvalue weighted by Gasteiger charge is -2.33. The van der Waals surface area contributed by atoms with Crippen molar-refractivity contribution in [2.75, 3.05) is 13.6 Å². The highest BCUT2D eigenvalue weighted by Gasteiger charge is 2.29. The second-order valence-corrected chi connectivity index (χ2v) is 5.48. The molecule has 2 rings (SSSR count). The Bertz CT molecular complexity index is 518. The van der Waals surface area contributed by atoms with E-state index in [2.05, 4.69) is 59.2 Å². The summed E-state index contributed by atoms with van der Waals surface area (Å²) in [6.45, 7) is 3.28. The van der Waals surface area contributed by atoms with E-state index in [9.17, 15) is 0 Å². The summed E-state index contributed by atoms with van der Waals surface area (Å²) in [7, 11) is 4.10. The predicted octanol–water partition coefficient (Wildman–Crippen LogP) is 2.92. The van der Waals surface area contributed by atoms with E-state index in [0.29, 0.717) is 0 Å². The molecule has 0 fully saturated rings. The summed E-state index contributed by atoms with van der Waals surface area (Å²) >= 11 is 0. The van der Waals surface area contributed by atoms with Crippen LogP contribution in [-0.4, -0.2) is 23.1 Å². The summed E-state index contributed by atoms with van der Waals surface area (Å²) in [6.07, 6.45) is 7.14. The van der Waals surface area contributed by atoms with Gasteiger partial charge in [0.25, 0.3) is 0 Å². The van der Waals surface area contributed by atoms with Gasteiger partial charge in [-0.1, -0.05) is 37.3 Å². The maximum Gasteiger partial charge on any atom is 0.108 e. The average molecular weight is 271 g/mol. The minimum Gasteiger partial charge on any atom is -0.338 e. The molecule has 1 aromatic heterocycles. The minimum absolute atomic E-state index is 0.182. The zero-order valence-corrected chi connectivity index (χ0v) is 12.8. The lowest BCUT2D eigenvalue weighted by molar-refractivity contribution is 0.361. The Hall–Kier alpha value is -1.61. The summed E-state index contributed by atoms with van der Waals surface area (Å²) in [5, 5.41) is 3.38. The van der Waals surface area contributed by atoms with Crippen LogP contribution >= 0.6 is 0 Å². The fraction of sp³-hybridized carbons (Fsp3) is 0.471. The number of nitrogens with one attached hydrogen (secondary N) is 1. The number of hydrogen-bond acceptors (Lipinski definition) is 2. The first-order valence-corrected chi connectivity index (χ1v) is 7.38. The maximum atomic E-state index is 4.45. The number of aromatic nitrogens is 2. The minimum atomic E-state index is 0.182. The summed E-state index contributed by atoms with van der Waals surface area (Å²) in [5.41, 5.74) is 1.60. The molecule has 1 N–H and O–H groups in total. The molecule has 0 spiro atoms. The van der Waals surface area contributed by atoms with Crippen LogP contribution in [0.4, 0.5) is 0 Å². The molecule has 0 bridgehead atoms. The van der Waals surface area contributed by atoms with Crippen molar-refractivity contribution in [1.29, 1.82) is 0 Å². The van der Waals surface area contributed by atoms with Crippen molar-refractivity contribution in [3.8, 4) is 0 Å². The van der Waals surface area contributed by atoms with Crippen molar-refractivity contribution in [3.05, 3.63) is 54.1 Å². The summed E-state index contributed by atoms with van der Waals surface area (Å²) < 4.78 is 2.12. The molecule has 0 aliphatic carbocycles. The summed E-state index contributed by atoms with van der Waals surface area (Å²) in [5.74, 6) is 1.16. The molecule has 0 saturated carbocycles. The van der Waals surface area contributed by atoms with E-state index in [1.807, 2.05) is 19.4 Å². The van der Waals surface area contributed by atoms with Crippen LogP contribution in [-0.2, 0) is 18.9 Å². The van der Waals surface area contributed by atoms with E-state index in [4.69, 9.17) is 0 Å². The smallest absolute Gasteiger partial charge is 0.108 e. The maximum absolute atomic E-state index is 4.45. The predicted molar refractivity (Wildman–Crippen MR) is 83.9 cm³/mol. The summed E-state index contributed by atoms with van der Waals surface area (Å²) in [6, 6.07) is 10.9. The number of imidazole rings is 1. The number of hydrogen-bond donors (Lipinski definition) is 1. The highest BCUT2D eigenvalue weighted by atomic mass is 15.0. The SMILES string of the molecule is CCC(CCc1nccn1C)(CNC)c1ccccc1. The molecule has 0 saturated heterocycles. The van der Waals surface area contributed by atoms with Gasteiger partial charge in [-0.05, 0) is 25.5 Å². The number of aryl methyl sites for hydroxylation is 2. The second kappa shape index (κ2) is 6.71. The Morgan fingerprint density at radius 3 is 2.55 bits per heavy atom. The van der Waals surface area contributed by atoms with Gasteiger partial charge in [0.2, 0.25) is 0 Å². The van der Waals surface area contributed by atoms with Crippen molar-refractivity contribution < 1.29 is 0 Å². The Kier molecular flexibility index (Phi) is 4.96. The van der Waals surface area contributed by atoms with Gasteiger partial charge in [-0.15, -0.1) is 0 Å². The van der Waals surface area contributed by atoms with Crippen LogP contribution in [0.2, 0.25) is 0 Å². The van der Waals surface area contributed by atoms with E-state index in [0.717, 1.165) is 31.6 Å². The Labute approximate surface area is 122 Å². The molecule has 0 radical (unpaired) electrons. The van der Waals surface area contributed by atoms with Crippen molar-refractivity contribution in [2.24, 2.45) is 7.05 Å². The fourth-order valence-corrected chi connectivity index (χ4v) is 2.96. The highest BCUT2D eigenvalue weighted by Crippen LogP contribution is 2.32. The molecule has 20 heavy (non-hydrogen) atoms. The Morgan fingerprint density at radius 2 is 2.00 bits per heavy atom.